The minimum Gasteiger partial charge on any atom is -0.497 e. The van der Waals surface area contributed by atoms with E-state index in [1.54, 1.807) is 7.11 Å². The molecule has 0 atom stereocenters. The Balaban J connectivity index is 2.29. The second-order valence-electron chi connectivity index (χ2n) is 4.53. The van der Waals surface area contributed by atoms with Crippen LogP contribution in [0.25, 0.3) is 11.0 Å². The second-order valence-corrected chi connectivity index (χ2v) is 4.53. The molecule has 1 heterocycles. The zero-order valence-electron chi connectivity index (χ0n) is 11.6. The third-order valence-electron chi connectivity index (χ3n) is 3.17. The van der Waals surface area contributed by atoms with E-state index in [-0.39, 0.29) is 5.91 Å². The molecule has 102 valence electrons. The quantitative estimate of drug-likeness (QED) is 0.840. The molecule has 19 heavy (non-hydrogen) atoms. The number of fused-ring (bicyclic) bond motifs is 1. The first-order chi connectivity index (χ1) is 9.17. The minimum absolute atomic E-state index is 0.152. The first kappa shape index (κ1) is 13.5. The summed E-state index contributed by atoms with van der Waals surface area (Å²) >= 11 is 0. The molecule has 1 amide bonds. The van der Waals surface area contributed by atoms with Gasteiger partial charge in [0.25, 0.3) is 5.91 Å². The van der Waals surface area contributed by atoms with Gasteiger partial charge in [-0.15, -0.1) is 0 Å². The van der Waals surface area contributed by atoms with Gasteiger partial charge in [0, 0.05) is 17.5 Å². The Hall–Kier alpha value is -1.97. The number of hydrogen-bond donors (Lipinski definition) is 1. The highest BCUT2D eigenvalue weighted by molar-refractivity contribution is 5.99. The largest absolute Gasteiger partial charge is 0.497 e. The standard InChI is InChI=1S/C15H19NO3/c1-4-5-8-16-15(17)14-10(2)12-9-11(18-3)6-7-13(12)19-14/h6-7,9H,4-5,8H2,1-3H3,(H,16,17). The van der Waals surface area contributed by atoms with Crippen molar-refractivity contribution in [2.75, 3.05) is 13.7 Å². The number of nitrogens with one attached hydrogen (secondary N) is 1. The van der Waals surface area contributed by atoms with Gasteiger partial charge in [-0.3, -0.25) is 4.79 Å². The van der Waals surface area contributed by atoms with Gasteiger partial charge in [-0.05, 0) is 31.5 Å². The lowest BCUT2D eigenvalue weighted by molar-refractivity contribution is 0.0927. The van der Waals surface area contributed by atoms with Crippen LogP contribution >= 0.6 is 0 Å². The molecule has 0 spiro atoms. The third kappa shape index (κ3) is 2.72. The Labute approximate surface area is 112 Å². The fraction of sp³-hybridized carbons (Fsp3) is 0.400. The van der Waals surface area contributed by atoms with Gasteiger partial charge >= 0.3 is 0 Å². The summed E-state index contributed by atoms with van der Waals surface area (Å²) < 4.78 is 10.8. The van der Waals surface area contributed by atoms with E-state index in [0.717, 1.165) is 29.5 Å². The summed E-state index contributed by atoms with van der Waals surface area (Å²) in [6.45, 7) is 4.65. The summed E-state index contributed by atoms with van der Waals surface area (Å²) in [5, 5.41) is 3.78. The van der Waals surface area contributed by atoms with Crippen LogP contribution < -0.4 is 10.1 Å². The van der Waals surface area contributed by atoms with Crippen molar-refractivity contribution in [3.63, 3.8) is 0 Å². The molecule has 1 aromatic heterocycles. The van der Waals surface area contributed by atoms with Gasteiger partial charge in [-0.2, -0.15) is 0 Å². The molecule has 4 nitrogen and oxygen atoms in total. The number of aryl methyl sites for hydroxylation is 1. The molecular weight excluding hydrogens is 242 g/mol. The van der Waals surface area contributed by atoms with Gasteiger partial charge in [0.2, 0.25) is 0 Å². The van der Waals surface area contributed by atoms with E-state index in [9.17, 15) is 4.79 Å². The lowest BCUT2D eigenvalue weighted by Gasteiger charge is -2.01. The molecule has 0 saturated heterocycles. The summed E-state index contributed by atoms with van der Waals surface area (Å²) in [6, 6.07) is 5.53. The van der Waals surface area contributed by atoms with Gasteiger partial charge in [-0.1, -0.05) is 13.3 Å². The summed E-state index contributed by atoms with van der Waals surface area (Å²) in [4.78, 5) is 12.0. The summed E-state index contributed by atoms with van der Waals surface area (Å²) in [7, 11) is 1.62. The number of methoxy groups -OCH3 is 1. The maximum atomic E-state index is 12.0. The second kappa shape index (κ2) is 5.78. The molecule has 0 aliphatic carbocycles. The van der Waals surface area contributed by atoms with E-state index >= 15 is 0 Å². The topological polar surface area (TPSA) is 51.5 Å². The van der Waals surface area contributed by atoms with Crippen molar-refractivity contribution in [1.82, 2.24) is 5.32 Å². The number of hydrogen-bond acceptors (Lipinski definition) is 3. The van der Waals surface area contributed by atoms with Gasteiger partial charge < -0.3 is 14.5 Å². The molecule has 0 aliphatic rings. The first-order valence-electron chi connectivity index (χ1n) is 6.52. The molecule has 0 aliphatic heterocycles. The predicted octanol–water partition coefficient (Wildman–Crippen LogP) is 3.28. The molecule has 1 N–H and O–H groups in total. The Bertz CT molecular complexity index is 586. The van der Waals surface area contributed by atoms with Crippen LogP contribution in [-0.4, -0.2) is 19.6 Å². The highest BCUT2D eigenvalue weighted by Crippen LogP contribution is 2.28. The van der Waals surface area contributed by atoms with Crippen LogP contribution in [0.2, 0.25) is 0 Å². The number of amides is 1. The van der Waals surface area contributed by atoms with E-state index < -0.39 is 0 Å². The molecular formula is C15H19NO3. The summed E-state index contributed by atoms with van der Waals surface area (Å²) in [5.74, 6) is 0.995. The Morgan fingerprint density at radius 1 is 1.42 bits per heavy atom. The fourth-order valence-electron chi connectivity index (χ4n) is 2.00. The molecule has 0 fully saturated rings. The van der Waals surface area contributed by atoms with Crippen molar-refractivity contribution in [3.05, 3.63) is 29.5 Å². The Morgan fingerprint density at radius 3 is 2.89 bits per heavy atom. The van der Waals surface area contributed by atoms with E-state index in [0.29, 0.717) is 17.9 Å². The Morgan fingerprint density at radius 2 is 2.21 bits per heavy atom. The number of carbonyl (C=O) groups excluding carboxylic acids is 1. The third-order valence-corrected chi connectivity index (χ3v) is 3.17. The van der Waals surface area contributed by atoms with Crippen LogP contribution in [-0.2, 0) is 0 Å². The molecule has 0 radical (unpaired) electrons. The van der Waals surface area contributed by atoms with Crippen LogP contribution in [0.15, 0.2) is 22.6 Å². The van der Waals surface area contributed by atoms with Gasteiger partial charge in [0.15, 0.2) is 5.76 Å². The van der Waals surface area contributed by atoms with Crippen molar-refractivity contribution in [1.29, 1.82) is 0 Å². The van der Waals surface area contributed by atoms with E-state index in [4.69, 9.17) is 9.15 Å². The number of benzene rings is 1. The zero-order valence-corrected chi connectivity index (χ0v) is 11.6. The predicted molar refractivity (Wildman–Crippen MR) is 74.7 cm³/mol. The van der Waals surface area contributed by atoms with Crippen molar-refractivity contribution in [2.45, 2.75) is 26.7 Å². The lowest BCUT2D eigenvalue weighted by Crippen LogP contribution is -2.24. The maximum Gasteiger partial charge on any atom is 0.287 e. The van der Waals surface area contributed by atoms with Crippen LogP contribution in [0.3, 0.4) is 0 Å². The van der Waals surface area contributed by atoms with Gasteiger partial charge in [-0.25, -0.2) is 0 Å². The number of furan rings is 1. The van der Waals surface area contributed by atoms with Crippen molar-refractivity contribution in [2.24, 2.45) is 0 Å². The average molecular weight is 261 g/mol. The first-order valence-corrected chi connectivity index (χ1v) is 6.52. The monoisotopic (exact) mass is 261 g/mol. The zero-order chi connectivity index (χ0) is 13.8. The molecule has 1 aromatic carbocycles. The van der Waals surface area contributed by atoms with Crippen LogP contribution in [0.5, 0.6) is 5.75 Å². The highest BCUT2D eigenvalue weighted by Gasteiger charge is 2.17. The number of rotatable bonds is 5. The van der Waals surface area contributed by atoms with Crippen molar-refractivity contribution >= 4 is 16.9 Å². The molecule has 0 saturated carbocycles. The van der Waals surface area contributed by atoms with E-state index in [1.807, 2.05) is 25.1 Å². The van der Waals surface area contributed by atoms with E-state index in [2.05, 4.69) is 12.2 Å². The summed E-state index contributed by atoms with van der Waals surface area (Å²) in [6.07, 6.45) is 2.02. The fourth-order valence-corrected chi connectivity index (χ4v) is 2.00. The average Bonchev–Trinajstić information content (AvgIpc) is 2.76. The lowest BCUT2D eigenvalue weighted by atomic mass is 10.1. The molecule has 2 rings (SSSR count). The van der Waals surface area contributed by atoms with Gasteiger partial charge in [0.1, 0.15) is 11.3 Å². The van der Waals surface area contributed by atoms with Crippen molar-refractivity contribution in [3.8, 4) is 5.75 Å². The van der Waals surface area contributed by atoms with Crippen LogP contribution in [0.4, 0.5) is 0 Å². The van der Waals surface area contributed by atoms with Crippen LogP contribution in [0.1, 0.15) is 35.9 Å². The molecule has 4 heteroatoms. The molecule has 0 bridgehead atoms. The highest BCUT2D eigenvalue weighted by atomic mass is 16.5. The minimum atomic E-state index is -0.152. The number of unbranched alkanes of at least 4 members (excludes halogenated alkanes) is 1. The van der Waals surface area contributed by atoms with Gasteiger partial charge in [0.05, 0.1) is 7.11 Å². The van der Waals surface area contributed by atoms with Crippen LogP contribution in [0, 0.1) is 6.92 Å². The smallest absolute Gasteiger partial charge is 0.287 e. The Kier molecular flexibility index (Phi) is 4.10. The normalized spacial score (nSPS) is 10.7. The van der Waals surface area contributed by atoms with E-state index in [1.165, 1.54) is 0 Å². The molecule has 2 aromatic rings. The molecule has 0 unspecified atom stereocenters. The summed E-state index contributed by atoms with van der Waals surface area (Å²) in [5.41, 5.74) is 1.56. The number of carbonyl (C=O) groups is 1. The number of ether oxygens (including phenoxy) is 1. The SMILES string of the molecule is CCCCNC(=O)c1oc2ccc(OC)cc2c1C. The maximum absolute atomic E-state index is 12.0. The van der Waals surface area contributed by atoms with Crippen molar-refractivity contribution < 1.29 is 13.9 Å².